The van der Waals surface area contributed by atoms with Crippen LogP contribution in [-0.2, 0) is 0 Å². The number of hydrogen-bond donors (Lipinski definition) is 2. The molecule has 2 aromatic heterocycles. The number of pyridine rings is 2. The molecule has 0 radical (unpaired) electrons. The Labute approximate surface area is 116 Å². The van der Waals surface area contributed by atoms with Crippen molar-refractivity contribution in [3.63, 3.8) is 0 Å². The quantitative estimate of drug-likeness (QED) is 0.899. The lowest BCUT2D eigenvalue weighted by atomic mass is 10.2. The van der Waals surface area contributed by atoms with Gasteiger partial charge in [0.25, 0.3) is 5.91 Å². The molecular weight excluding hydrogens is 259 g/mol. The number of rotatable bonds is 4. The van der Waals surface area contributed by atoms with E-state index in [4.69, 9.17) is 0 Å². The summed E-state index contributed by atoms with van der Waals surface area (Å²) in [6.07, 6.45) is 2.65. The van der Waals surface area contributed by atoms with Gasteiger partial charge in [0, 0.05) is 12.7 Å². The first-order valence-electron chi connectivity index (χ1n) is 6.24. The van der Waals surface area contributed by atoms with Gasteiger partial charge in [-0.15, -0.1) is 0 Å². The molecule has 5 nitrogen and oxygen atoms in total. The van der Waals surface area contributed by atoms with Crippen LogP contribution >= 0.6 is 0 Å². The summed E-state index contributed by atoms with van der Waals surface area (Å²) in [4.78, 5) is 20.2. The van der Waals surface area contributed by atoms with Gasteiger partial charge in [-0.1, -0.05) is 6.07 Å². The Kier molecular flexibility index (Phi) is 4.24. The molecule has 0 saturated carbocycles. The lowest BCUT2D eigenvalue weighted by Gasteiger charge is -2.11. The number of hydrogen-bond acceptors (Lipinski definition) is 4. The largest absolute Gasteiger partial charge is 0.370 e. The van der Waals surface area contributed by atoms with E-state index in [1.165, 1.54) is 0 Å². The van der Waals surface area contributed by atoms with Crippen molar-refractivity contribution in [2.45, 2.75) is 13.8 Å². The molecule has 0 unspecified atom stereocenters. The molecular formula is C14H15FN4O. The Morgan fingerprint density at radius 1 is 1.35 bits per heavy atom. The predicted octanol–water partition coefficient (Wildman–Crippen LogP) is 2.61. The maximum atomic E-state index is 13.3. The molecule has 1 amide bonds. The molecule has 0 bridgehead atoms. The van der Waals surface area contributed by atoms with E-state index in [2.05, 4.69) is 20.6 Å². The number of aromatic nitrogens is 2. The van der Waals surface area contributed by atoms with Gasteiger partial charge in [-0.2, -0.15) is 0 Å². The Balaban J connectivity index is 2.29. The molecule has 0 aliphatic heterocycles. The van der Waals surface area contributed by atoms with E-state index < -0.39 is 11.7 Å². The molecule has 0 aliphatic rings. The first-order chi connectivity index (χ1) is 9.61. The molecule has 2 aromatic rings. The zero-order valence-corrected chi connectivity index (χ0v) is 11.3. The standard InChI is InChI=1S/C14H15FN4O/c1-3-16-13-11(7-10(15)8-18-13)14(20)19-12-9(2)5-4-6-17-12/h4-8H,3H2,1-2H3,(H,16,18)(H,17,19,20). The normalized spacial score (nSPS) is 10.2. The van der Waals surface area contributed by atoms with Gasteiger partial charge in [-0.25, -0.2) is 14.4 Å². The van der Waals surface area contributed by atoms with Gasteiger partial charge in [0.15, 0.2) is 0 Å². The van der Waals surface area contributed by atoms with Crippen LogP contribution in [0.2, 0.25) is 0 Å². The number of amides is 1. The fraction of sp³-hybridized carbons (Fsp3) is 0.214. The average Bonchev–Trinajstić information content (AvgIpc) is 2.43. The van der Waals surface area contributed by atoms with Gasteiger partial charge in [0.2, 0.25) is 0 Å². The maximum Gasteiger partial charge on any atom is 0.260 e. The highest BCUT2D eigenvalue weighted by molar-refractivity contribution is 6.07. The van der Waals surface area contributed by atoms with Crippen LogP contribution in [0.15, 0.2) is 30.6 Å². The molecule has 0 saturated heterocycles. The van der Waals surface area contributed by atoms with E-state index in [9.17, 15) is 9.18 Å². The Morgan fingerprint density at radius 3 is 2.85 bits per heavy atom. The van der Waals surface area contributed by atoms with Crippen molar-refractivity contribution in [3.8, 4) is 0 Å². The summed E-state index contributed by atoms with van der Waals surface area (Å²) in [7, 11) is 0. The van der Waals surface area contributed by atoms with Crippen LogP contribution in [0.25, 0.3) is 0 Å². The summed E-state index contributed by atoms with van der Waals surface area (Å²) in [5, 5.41) is 5.58. The molecule has 0 aliphatic carbocycles. The first kappa shape index (κ1) is 13.9. The van der Waals surface area contributed by atoms with Crippen LogP contribution in [0.4, 0.5) is 16.0 Å². The minimum Gasteiger partial charge on any atom is -0.370 e. The molecule has 2 N–H and O–H groups in total. The van der Waals surface area contributed by atoms with Crippen LogP contribution in [0.5, 0.6) is 0 Å². The van der Waals surface area contributed by atoms with E-state index in [0.29, 0.717) is 18.2 Å². The minimum atomic E-state index is -0.561. The second-order valence-electron chi connectivity index (χ2n) is 4.20. The molecule has 0 atom stereocenters. The minimum absolute atomic E-state index is 0.150. The van der Waals surface area contributed by atoms with E-state index >= 15 is 0 Å². The third-order valence-corrected chi connectivity index (χ3v) is 2.68. The molecule has 2 heterocycles. The van der Waals surface area contributed by atoms with Gasteiger partial charge in [-0.3, -0.25) is 4.79 Å². The number of anilines is 2. The van der Waals surface area contributed by atoms with E-state index in [-0.39, 0.29) is 5.56 Å². The summed E-state index contributed by atoms with van der Waals surface area (Å²) in [6.45, 7) is 4.29. The topological polar surface area (TPSA) is 66.9 Å². The van der Waals surface area contributed by atoms with Crippen molar-refractivity contribution in [1.29, 1.82) is 0 Å². The van der Waals surface area contributed by atoms with Crippen LogP contribution in [0.1, 0.15) is 22.8 Å². The highest BCUT2D eigenvalue weighted by Crippen LogP contribution is 2.17. The smallest absolute Gasteiger partial charge is 0.260 e. The van der Waals surface area contributed by atoms with Crippen molar-refractivity contribution >= 4 is 17.5 Å². The predicted molar refractivity (Wildman–Crippen MR) is 75.3 cm³/mol. The average molecular weight is 274 g/mol. The second-order valence-corrected chi connectivity index (χ2v) is 4.20. The Morgan fingerprint density at radius 2 is 2.15 bits per heavy atom. The molecule has 20 heavy (non-hydrogen) atoms. The number of halogens is 1. The fourth-order valence-electron chi connectivity index (χ4n) is 1.71. The fourth-order valence-corrected chi connectivity index (χ4v) is 1.71. The molecule has 0 spiro atoms. The highest BCUT2D eigenvalue weighted by atomic mass is 19.1. The van der Waals surface area contributed by atoms with Crippen LogP contribution in [-0.4, -0.2) is 22.4 Å². The van der Waals surface area contributed by atoms with Crippen molar-refractivity contribution in [3.05, 3.63) is 47.5 Å². The SMILES string of the molecule is CCNc1ncc(F)cc1C(=O)Nc1ncccc1C. The third kappa shape index (κ3) is 3.09. The zero-order valence-electron chi connectivity index (χ0n) is 11.3. The summed E-state index contributed by atoms with van der Waals surface area (Å²) >= 11 is 0. The summed E-state index contributed by atoms with van der Waals surface area (Å²) in [5.41, 5.74) is 0.979. The van der Waals surface area contributed by atoms with Crippen molar-refractivity contribution in [2.24, 2.45) is 0 Å². The van der Waals surface area contributed by atoms with Crippen molar-refractivity contribution < 1.29 is 9.18 Å². The van der Waals surface area contributed by atoms with Gasteiger partial charge in [0.1, 0.15) is 17.5 Å². The first-order valence-corrected chi connectivity index (χ1v) is 6.24. The Bertz CT molecular complexity index is 630. The third-order valence-electron chi connectivity index (χ3n) is 2.68. The van der Waals surface area contributed by atoms with E-state index in [1.54, 1.807) is 12.3 Å². The highest BCUT2D eigenvalue weighted by Gasteiger charge is 2.15. The van der Waals surface area contributed by atoms with Gasteiger partial charge < -0.3 is 10.6 Å². The molecule has 0 fully saturated rings. The maximum absolute atomic E-state index is 13.3. The van der Waals surface area contributed by atoms with Gasteiger partial charge in [-0.05, 0) is 31.5 Å². The number of nitrogens with one attached hydrogen (secondary N) is 2. The van der Waals surface area contributed by atoms with E-state index in [0.717, 1.165) is 17.8 Å². The molecule has 0 aromatic carbocycles. The van der Waals surface area contributed by atoms with Gasteiger partial charge >= 0.3 is 0 Å². The lowest BCUT2D eigenvalue weighted by Crippen LogP contribution is -2.17. The number of nitrogens with zero attached hydrogens (tertiary/aromatic N) is 2. The zero-order chi connectivity index (χ0) is 14.5. The van der Waals surface area contributed by atoms with E-state index in [1.807, 2.05) is 19.9 Å². The van der Waals surface area contributed by atoms with Crippen molar-refractivity contribution in [2.75, 3.05) is 17.2 Å². The summed E-state index contributed by atoms with van der Waals surface area (Å²) in [6, 6.07) is 4.76. The lowest BCUT2D eigenvalue weighted by molar-refractivity contribution is 0.102. The number of aryl methyl sites for hydroxylation is 1. The number of carbonyl (C=O) groups is 1. The Hall–Kier alpha value is -2.50. The summed E-state index contributed by atoms with van der Waals surface area (Å²) < 4.78 is 13.3. The van der Waals surface area contributed by atoms with Crippen LogP contribution in [0.3, 0.4) is 0 Å². The van der Waals surface area contributed by atoms with Crippen molar-refractivity contribution in [1.82, 2.24) is 9.97 Å². The van der Waals surface area contributed by atoms with Gasteiger partial charge in [0.05, 0.1) is 11.8 Å². The molecule has 6 heteroatoms. The number of carbonyl (C=O) groups excluding carboxylic acids is 1. The second kappa shape index (κ2) is 6.10. The molecule has 2 rings (SSSR count). The monoisotopic (exact) mass is 274 g/mol. The van der Waals surface area contributed by atoms with Crippen LogP contribution in [0, 0.1) is 12.7 Å². The molecule has 104 valence electrons. The summed E-state index contributed by atoms with van der Waals surface area (Å²) in [5.74, 6) is -0.214. The van der Waals surface area contributed by atoms with Crippen LogP contribution < -0.4 is 10.6 Å².